The highest BCUT2D eigenvalue weighted by Crippen LogP contribution is 2.53. The molecule has 1 aromatic rings. The van der Waals surface area contributed by atoms with Crippen LogP contribution in [0.15, 0.2) is 194 Å². The van der Waals surface area contributed by atoms with Crippen molar-refractivity contribution in [2.24, 2.45) is 71.0 Å². The Morgan fingerprint density at radius 1 is 0.518 bits per heavy atom. The molecular formula is C104H152B2N2O4. The van der Waals surface area contributed by atoms with Crippen LogP contribution in [0.1, 0.15) is 317 Å². The molecule has 15 unspecified atom stereocenters. The first-order valence-electron chi connectivity index (χ1n) is 46.3. The molecule has 2 aliphatic heterocycles. The van der Waals surface area contributed by atoms with Gasteiger partial charge in [0.1, 0.15) is 0 Å². The van der Waals surface area contributed by atoms with Gasteiger partial charge in [-0.2, -0.15) is 0 Å². The summed E-state index contributed by atoms with van der Waals surface area (Å²) in [7, 11) is -0.469. The van der Waals surface area contributed by atoms with E-state index in [0.717, 1.165) is 44.9 Å². The summed E-state index contributed by atoms with van der Waals surface area (Å²) in [5.74, 6) is 6.91. The number of allylic oxidation sites excluding steroid dienone is 26. The third kappa shape index (κ3) is 19.2. The zero-order valence-electron chi connectivity index (χ0n) is 74.2. The van der Waals surface area contributed by atoms with Crippen molar-refractivity contribution in [1.82, 2.24) is 4.90 Å². The molecule has 10 aliphatic carbocycles. The molecule has 8 heteroatoms. The van der Waals surface area contributed by atoms with Crippen LogP contribution < -0.4 is 4.90 Å². The molecule has 1 aromatic carbocycles. The maximum absolute atomic E-state index is 6.60. The second-order valence-electron chi connectivity index (χ2n) is 40.8. The SMILES string of the molecule is CCCCCCC1=CC(C2CCC(N(c3ccc(C4=C(C)C=C(CC(C)C)CC4C)cc3)C3C=CC(C4C=CC(B5OC(C)(C)C(C)(C)O5)=CC4)CC3)C=C2C)=C(CCCCCC)CC1C1CCC(N(C2=CC=C(C3C(C)=CC(CC(C)C)=CC3C)CC2)C2C=CC(C3C=CC(B4OC(C)(C)C(C)(C)O4)CC3)CC2)C=C1C. The lowest BCUT2D eigenvalue weighted by atomic mass is 9.64. The van der Waals surface area contributed by atoms with Crippen molar-refractivity contribution < 1.29 is 18.6 Å². The quantitative estimate of drug-likeness (QED) is 0.0473. The van der Waals surface area contributed by atoms with Gasteiger partial charge in [0.25, 0.3) is 0 Å². The Balaban J connectivity index is 0.778. The van der Waals surface area contributed by atoms with Crippen LogP contribution in [0.25, 0.3) is 5.57 Å². The Bertz CT molecular complexity index is 3940. The first-order chi connectivity index (χ1) is 53.5. The van der Waals surface area contributed by atoms with Crippen LogP contribution in [0.2, 0.25) is 5.82 Å². The van der Waals surface area contributed by atoms with Crippen LogP contribution in [0, 0.1) is 71.0 Å². The number of hydrogen-bond donors (Lipinski definition) is 0. The predicted molar refractivity (Wildman–Crippen MR) is 480 cm³/mol. The summed E-state index contributed by atoms with van der Waals surface area (Å²) in [4.78, 5) is 5.88. The third-order valence-electron chi connectivity index (χ3n) is 30.3. The molecule has 0 amide bonds. The molecule has 2 saturated heterocycles. The van der Waals surface area contributed by atoms with Crippen LogP contribution in [0.4, 0.5) is 5.69 Å². The van der Waals surface area contributed by atoms with Crippen molar-refractivity contribution in [2.75, 3.05) is 4.90 Å². The van der Waals surface area contributed by atoms with Crippen LogP contribution >= 0.6 is 0 Å². The van der Waals surface area contributed by atoms with Gasteiger partial charge in [-0.15, -0.1) is 0 Å². The molecule has 112 heavy (non-hydrogen) atoms. The van der Waals surface area contributed by atoms with Gasteiger partial charge < -0.3 is 28.4 Å². The van der Waals surface area contributed by atoms with E-state index in [4.69, 9.17) is 18.6 Å². The van der Waals surface area contributed by atoms with Crippen molar-refractivity contribution >= 4 is 25.5 Å². The van der Waals surface area contributed by atoms with E-state index in [9.17, 15) is 0 Å². The molecule has 0 N–H and O–H groups in total. The van der Waals surface area contributed by atoms with Crippen LogP contribution in [0.5, 0.6) is 0 Å². The molecule has 2 fully saturated rings. The maximum Gasteiger partial charge on any atom is 0.494 e. The molecule has 0 spiro atoms. The molecule has 0 aromatic heterocycles. The Labute approximate surface area is 685 Å². The molecule has 2 heterocycles. The molecule has 15 atom stereocenters. The lowest BCUT2D eigenvalue weighted by Crippen LogP contribution is -2.45. The Kier molecular flexibility index (Phi) is 27.6. The monoisotopic (exact) mass is 1520 g/mol. The fourth-order valence-corrected chi connectivity index (χ4v) is 22.9. The second kappa shape index (κ2) is 36.4. The number of unbranched alkanes of at least 4 members (excludes halogenated alkanes) is 6. The lowest BCUT2D eigenvalue weighted by molar-refractivity contribution is 0.00578. The molecule has 13 rings (SSSR count). The second-order valence-corrected chi connectivity index (χ2v) is 40.8. The van der Waals surface area contributed by atoms with Crippen molar-refractivity contribution in [3.05, 3.63) is 200 Å². The van der Waals surface area contributed by atoms with Crippen molar-refractivity contribution in [1.29, 1.82) is 0 Å². The predicted octanol–water partition coefficient (Wildman–Crippen LogP) is 28.2. The van der Waals surface area contributed by atoms with Gasteiger partial charge in [-0.3, -0.25) is 0 Å². The zero-order chi connectivity index (χ0) is 79.6. The molecule has 608 valence electrons. The maximum atomic E-state index is 6.60. The number of hydrogen-bond acceptors (Lipinski definition) is 6. The largest absolute Gasteiger partial charge is 0.494 e. The van der Waals surface area contributed by atoms with Crippen LogP contribution in [0.3, 0.4) is 0 Å². The molecule has 12 aliphatic rings. The molecule has 0 radical (unpaired) electrons. The lowest BCUT2D eigenvalue weighted by Gasteiger charge is -2.46. The van der Waals surface area contributed by atoms with E-state index in [1.165, 1.54) is 162 Å². The summed E-state index contributed by atoms with van der Waals surface area (Å²) in [6.45, 7) is 46.5. The van der Waals surface area contributed by atoms with Gasteiger partial charge in [0, 0.05) is 53.2 Å². The summed E-state index contributed by atoms with van der Waals surface area (Å²) < 4.78 is 26.3. The summed E-state index contributed by atoms with van der Waals surface area (Å²) >= 11 is 0. The fourth-order valence-electron chi connectivity index (χ4n) is 22.9. The minimum Gasteiger partial charge on any atom is -0.403 e. The van der Waals surface area contributed by atoms with E-state index >= 15 is 0 Å². The van der Waals surface area contributed by atoms with E-state index in [1.807, 2.05) is 0 Å². The molecular weight excluding hydrogens is 1360 g/mol. The number of benzene rings is 1. The van der Waals surface area contributed by atoms with Crippen LogP contribution in [-0.4, -0.2) is 65.7 Å². The average Bonchev–Trinajstić information content (AvgIpc) is 1.71. The Hall–Kier alpha value is -5.11. The standard InChI is InChI=1S/C104H152B2N2O4/c1-21-23-25-27-29-85-67-98(96-58-56-94(66-72(96)8)108(92-53-41-84(42-54-92)100-75(11)63-78(60-70(5)6)64-76(100)12)90-49-37-82(38-50-90)80-33-45-88(46-34-80)106-111-103(17,18)104(19,20)112-106)86(30-28-26-24-22-2)68-97(85)95-57-55-93(65-71(95)7)107(91-51-39-83(40-52-91)99-73(9)61-77(59-69(3)4)62-74(99)10)89-47-35-81(36-48-89)79-31-43-87(44-32-79)105-109-101(13,14)102(15,16)110-105/h31,33,35,37,39-41,43-45,47,49,51-53,61,63-66,68-70,74-75,79-82,88-90,93-96,98,100H,21-30,32,34,36,38,42,46,48,50,54-60,62,67H2,1-20H3. The Morgan fingerprint density at radius 2 is 1.12 bits per heavy atom. The normalized spacial score (nSPS) is 32.4. The summed E-state index contributed by atoms with van der Waals surface area (Å²) in [5, 5.41) is 0. The van der Waals surface area contributed by atoms with Gasteiger partial charge >= 0.3 is 14.2 Å². The van der Waals surface area contributed by atoms with E-state index in [1.54, 1.807) is 50.3 Å². The van der Waals surface area contributed by atoms with Gasteiger partial charge in [-0.1, -0.05) is 248 Å². The summed E-state index contributed by atoms with van der Waals surface area (Å²) in [6, 6.07) is 11.4. The fraction of sp³-hybridized carbons (Fsp3) is 0.654. The average molecular weight is 1520 g/mol. The number of rotatable bonds is 28. The van der Waals surface area contributed by atoms with Crippen molar-refractivity contribution in [3.63, 3.8) is 0 Å². The van der Waals surface area contributed by atoms with Crippen molar-refractivity contribution in [2.45, 2.75) is 364 Å². The highest BCUT2D eigenvalue weighted by molar-refractivity contribution is 6.55. The highest BCUT2D eigenvalue weighted by Gasteiger charge is 2.55. The first-order valence-corrected chi connectivity index (χ1v) is 46.3. The summed E-state index contributed by atoms with van der Waals surface area (Å²) in [6.07, 6.45) is 77.2. The molecule has 6 nitrogen and oxygen atoms in total. The van der Waals surface area contributed by atoms with Crippen LogP contribution in [-0.2, 0) is 18.6 Å². The van der Waals surface area contributed by atoms with E-state index < -0.39 is 0 Å². The third-order valence-corrected chi connectivity index (χ3v) is 30.3. The van der Waals surface area contributed by atoms with Gasteiger partial charge in [0.15, 0.2) is 0 Å². The molecule has 0 bridgehead atoms. The number of nitrogens with zero attached hydrogens (tertiary/aromatic N) is 2. The highest BCUT2D eigenvalue weighted by atomic mass is 16.7. The van der Waals surface area contributed by atoms with Gasteiger partial charge in [-0.25, -0.2) is 0 Å². The number of anilines is 1. The van der Waals surface area contributed by atoms with E-state index in [-0.39, 0.29) is 36.6 Å². The first kappa shape index (κ1) is 84.8. The summed E-state index contributed by atoms with van der Waals surface area (Å²) in [5.41, 5.74) is 22.1. The molecule has 0 saturated carbocycles. The van der Waals surface area contributed by atoms with E-state index in [0.29, 0.717) is 101 Å². The topological polar surface area (TPSA) is 43.4 Å². The minimum atomic E-state index is -0.345. The van der Waals surface area contributed by atoms with Crippen molar-refractivity contribution in [3.8, 4) is 0 Å². The Morgan fingerprint density at radius 3 is 1.68 bits per heavy atom. The van der Waals surface area contributed by atoms with E-state index in [2.05, 4.69) is 276 Å². The van der Waals surface area contributed by atoms with Gasteiger partial charge in [-0.05, 0) is 323 Å². The minimum absolute atomic E-state index is 0.163. The smallest absolute Gasteiger partial charge is 0.403 e. The van der Waals surface area contributed by atoms with Gasteiger partial charge in [0.2, 0.25) is 0 Å². The van der Waals surface area contributed by atoms with Gasteiger partial charge in [0.05, 0.1) is 22.4 Å². The zero-order valence-corrected chi connectivity index (χ0v) is 74.2.